The molecule has 0 aliphatic carbocycles. The number of anilines is 1. The van der Waals surface area contributed by atoms with E-state index in [2.05, 4.69) is 20.9 Å². The Morgan fingerprint density at radius 2 is 2.42 bits per heavy atom. The Balaban J connectivity index is 2.09. The molecule has 0 saturated carbocycles. The molecule has 1 aliphatic rings. The van der Waals surface area contributed by atoms with Crippen molar-refractivity contribution in [2.75, 3.05) is 18.4 Å². The first-order valence-electron chi connectivity index (χ1n) is 6.50. The molecule has 0 aromatic carbocycles. The number of nitrogens with zero attached hydrogens (tertiary/aromatic N) is 1. The highest BCUT2D eigenvalue weighted by Gasteiger charge is 2.24. The molecule has 102 valence electrons. The Morgan fingerprint density at radius 3 is 3.16 bits per heavy atom. The largest absolute Gasteiger partial charge is 0.370 e. The molecule has 2 rings (SSSR count). The van der Waals surface area contributed by atoms with Gasteiger partial charge < -0.3 is 16.0 Å². The predicted molar refractivity (Wildman–Crippen MR) is 71.9 cm³/mol. The van der Waals surface area contributed by atoms with Gasteiger partial charge in [-0.2, -0.15) is 0 Å². The first-order chi connectivity index (χ1) is 9.22. The van der Waals surface area contributed by atoms with Gasteiger partial charge in [0.05, 0.1) is 5.56 Å². The summed E-state index contributed by atoms with van der Waals surface area (Å²) in [6.45, 7) is 3.30. The summed E-state index contributed by atoms with van der Waals surface area (Å²) >= 11 is 0. The number of carbonyl (C=O) groups is 2. The second kappa shape index (κ2) is 6.17. The monoisotopic (exact) mass is 262 g/mol. The van der Waals surface area contributed by atoms with E-state index in [-0.39, 0.29) is 11.8 Å². The zero-order valence-corrected chi connectivity index (χ0v) is 10.9. The van der Waals surface area contributed by atoms with Crippen LogP contribution in [0.5, 0.6) is 0 Å². The molecule has 1 unspecified atom stereocenters. The summed E-state index contributed by atoms with van der Waals surface area (Å²) < 4.78 is 0. The van der Waals surface area contributed by atoms with Crippen molar-refractivity contribution in [1.29, 1.82) is 0 Å². The number of pyridine rings is 1. The molecule has 1 saturated heterocycles. The topological polar surface area (TPSA) is 83.1 Å². The highest BCUT2D eigenvalue weighted by molar-refractivity contribution is 6.01. The molecule has 6 heteroatoms. The van der Waals surface area contributed by atoms with Gasteiger partial charge in [-0.1, -0.05) is 0 Å². The number of aromatic nitrogens is 1. The van der Waals surface area contributed by atoms with Gasteiger partial charge in [0.1, 0.15) is 11.9 Å². The van der Waals surface area contributed by atoms with Crippen LogP contribution in [0.1, 0.15) is 30.1 Å². The first kappa shape index (κ1) is 13.3. The summed E-state index contributed by atoms with van der Waals surface area (Å²) in [4.78, 5) is 27.9. The molecular formula is C13H18N4O2. The van der Waals surface area contributed by atoms with Crippen molar-refractivity contribution < 1.29 is 9.59 Å². The lowest BCUT2D eigenvalue weighted by Crippen LogP contribution is -2.50. The fourth-order valence-corrected chi connectivity index (χ4v) is 2.04. The summed E-state index contributed by atoms with van der Waals surface area (Å²) in [6, 6.07) is 2.95. The third-order valence-corrected chi connectivity index (χ3v) is 2.99. The molecule has 0 bridgehead atoms. The molecule has 1 atom stereocenters. The summed E-state index contributed by atoms with van der Waals surface area (Å²) in [7, 11) is 0. The number of piperidine rings is 1. The minimum Gasteiger partial charge on any atom is -0.370 e. The second-order valence-corrected chi connectivity index (χ2v) is 4.39. The van der Waals surface area contributed by atoms with Crippen LogP contribution in [0.15, 0.2) is 18.3 Å². The van der Waals surface area contributed by atoms with Gasteiger partial charge in [0.25, 0.3) is 5.91 Å². The maximum Gasteiger partial charge on any atom is 0.255 e. The van der Waals surface area contributed by atoms with Gasteiger partial charge in [-0.05, 0) is 31.9 Å². The van der Waals surface area contributed by atoms with E-state index in [1.54, 1.807) is 18.3 Å². The van der Waals surface area contributed by atoms with Gasteiger partial charge in [-0.15, -0.1) is 0 Å². The Morgan fingerprint density at radius 1 is 1.58 bits per heavy atom. The van der Waals surface area contributed by atoms with Crippen molar-refractivity contribution in [3.05, 3.63) is 23.9 Å². The van der Waals surface area contributed by atoms with Crippen LogP contribution in [-0.4, -0.2) is 35.9 Å². The van der Waals surface area contributed by atoms with E-state index in [0.717, 1.165) is 6.42 Å². The molecule has 1 fully saturated rings. The first-order valence-corrected chi connectivity index (χ1v) is 6.50. The fraction of sp³-hybridized carbons (Fsp3) is 0.462. The second-order valence-electron chi connectivity index (χ2n) is 4.39. The summed E-state index contributed by atoms with van der Waals surface area (Å²) in [6.07, 6.45) is 3.18. The normalized spacial score (nSPS) is 18.6. The molecule has 6 nitrogen and oxygen atoms in total. The molecule has 0 spiro atoms. The number of hydrogen-bond donors (Lipinski definition) is 3. The van der Waals surface area contributed by atoms with Crippen molar-refractivity contribution in [3.63, 3.8) is 0 Å². The van der Waals surface area contributed by atoms with E-state index in [1.165, 1.54) is 0 Å². The zero-order chi connectivity index (χ0) is 13.7. The van der Waals surface area contributed by atoms with Crippen LogP contribution in [0.4, 0.5) is 5.82 Å². The van der Waals surface area contributed by atoms with E-state index < -0.39 is 6.04 Å². The SMILES string of the molecule is CCNc1ncccc1C(=O)NC1CCCNC1=O. The van der Waals surface area contributed by atoms with Crippen molar-refractivity contribution >= 4 is 17.6 Å². The molecule has 3 N–H and O–H groups in total. The van der Waals surface area contributed by atoms with Crippen molar-refractivity contribution in [3.8, 4) is 0 Å². The Bertz CT molecular complexity index is 475. The van der Waals surface area contributed by atoms with Crippen LogP contribution in [-0.2, 0) is 4.79 Å². The zero-order valence-electron chi connectivity index (χ0n) is 10.9. The van der Waals surface area contributed by atoms with Crippen molar-refractivity contribution in [2.45, 2.75) is 25.8 Å². The number of hydrogen-bond acceptors (Lipinski definition) is 4. The summed E-state index contributed by atoms with van der Waals surface area (Å²) in [5, 5.41) is 8.53. The number of rotatable bonds is 4. The lowest BCUT2D eigenvalue weighted by atomic mass is 10.1. The van der Waals surface area contributed by atoms with Gasteiger partial charge in [0.2, 0.25) is 5.91 Å². The van der Waals surface area contributed by atoms with E-state index in [1.807, 2.05) is 6.92 Å². The van der Waals surface area contributed by atoms with Crippen LogP contribution in [0, 0.1) is 0 Å². The number of nitrogens with one attached hydrogen (secondary N) is 3. The van der Waals surface area contributed by atoms with Crippen molar-refractivity contribution in [2.24, 2.45) is 0 Å². The van der Waals surface area contributed by atoms with E-state index in [0.29, 0.717) is 30.9 Å². The van der Waals surface area contributed by atoms with Crippen molar-refractivity contribution in [1.82, 2.24) is 15.6 Å². The Hall–Kier alpha value is -2.11. The fourth-order valence-electron chi connectivity index (χ4n) is 2.04. The van der Waals surface area contributed by atoms with Crippen LogP contribution in [0.25, 0.3) is 0 Å². The van der Waals surface area contributed by atoms with Gasteiger partial charge in [-0.3, -0.25) is 9.59 Å². The average molecular weight is 262 g/mol. The lowest BCUT2D eigenvalue weighted by molar-refractivity contribution is -0.124. The number of carbonyl (C=O) groups excluding carboxylic acids is 2. The molecule has 1 aromatic heterocycles. The molecule has 2 heterocycles. The van der Waals surface area contributed by atoms with Gasteiger partial charge in [0.15, 0.2) is 0 Å². The quantitative estimate of drug-likeness (QED) is 0.739. The third kappa shape index (κ3) is 3.21. The van der Waals surface area contributed by atoms with E-state index in [9.17, 15) is 9.59 Å². The summed E-state index contributed by atoms with van der Waals surface area (Å²) in [5.74, 6) is 0.151. The average Bonchev–Trinajstić information content (AvgIpc) is 2.42. The maximum absolute atomic E-state index is 12.2. The highest BCUT2D eigenvalue weighted by atomic mass is 16.2. The molecule has 19 heavy (non-hydrogen) atoms. The Kier molecular flexibility index (Phi) is 4.33. The third-order valence-electron chi connectivity index (χ3n) is 2.99. The van der Waals surface area contributed by atoms with E-state index >= 15 is 0 Å². The molecule has 2 amide bonds. The van der Waals surface area contributed by atoms with Crippen LogP contribution in [0.2, 0.25) is 0 Å². The van der Waals surface area contributed by atoms with Crippen LogP contribution >= 0.6 is 0 Å². The Labute approximate surface area is 112 Å². The van der Waals surface area contributed by atoms with Crippen LogP contribution in [0.3, 0.4) is 0 Å². The molecule has 0 radical (unpaired) electrons. The minimum absolute atomic E-state index is 0.117. The smallest absolute Gasteiger partial charge is 0.255 e. The predicted octanol–water partition coefficient (Wildman–Crippen LogP) is 0.522. The van der Waals surface area contributed by atoms with Gasteiger partial charge in [0, 0.05) is 19.3 Å². The summed E-state index contributed by atoms with van der Waals surface area (Å²) in [5.41, 5.74) is 0.461. The number of amides is 2. The minimum atomic E-state index is -0.448. The molecule has 1 aliphatic heterocycles. The van der Waals surface area contributed by atoms with Gasteiger partial charge >= 0.3 is 0 Å². The van der Waals surface area contributed by atoms with Gasteiger partial charge in [-0.25, -0.2) is 4.98 Å². The van der Waals surface area contributed by atoms with E-state index in [4.69, 9.17) is 0 Å². The maximum atomic E-state index is 12.2. The highest BCUT2D eigenvalue weighted by Crippen LogP contribution is 2.12. The lowest BCUT2D eigenvalue weighted by Gasteiger charge is -2.23. The van der Waals surface area contributed by atoms with Crippen LogP contribution < -0.4 is 16.0 Å². The standard InChI is InChI=1S/C13H18N4O2/c1-2-14-11-9(5-3-7-15-11)12(18)17-10-6-4-8-16-13(10)19/h3,5,7,10H,2,4,6,8H2,1H3,(H,14,15)(H,16,19)(H,17,18). The molecule has 1 aromatic rings. The molecular weight excluding hydrogens is 244 g/mol.